The lowest BCUT2D eigenvalue weighted by molar-refractivity contribution is 0.248. The number of furan rings is 1. The van der Waals surface area contributed by atoms with E-state index in [2.05, 4.69) is 11.8 Å². The first-order chi connectivity index (χ1) is 10.1. The fourth-order valence-electron chi connectivity index (χ4n) is 2.24. The first-order valence-electron chi connectivity index (χ1n) is 6.91. The molecule has 112 valence electrons. The summed E-state index contributed by atoms with van der Waals surface area (Å²) in [6.45, 7) is 4.35. The Morgan fingerprint density at radius 2 is 2.05 bits per heavy atom. The van der Waals surface area contributed by atoms with Crippen molar-refractivity contribution in [2.75, 3.05) is 13.7 Å². The summed E-state index contributed by atoms with van der Waals surface area (Å²) in [7, 11) is -0.0316. The van der Waals surface area contributed by atoms with Gasteiger partial charge in [-0.2, -0.15) is 0 Å². The summed E-state index contributed by atoms with van der Waals surface area (Å²) in [6.07, 6.45) is 1.66. The third-order valence-corrected chi connectivity index (χ3v) is 3.39. The van der Waals surface area contributed by atoms with E-state index in [1.807, 2.05) is 18.2 Å². The lowest BCUT2D eigenvalue weighted by atomic mass is 9.78. The third kappa shape index (κ3) is 4.11. The molecule has 0 bridgehead atoms. The highest BCUT2D eigenvalue weighted by Crippen LogP contribution is 2.14. The van der Waals surface area contributed by atoms with Crippen molar-refractivity contribution in [3.8, 4) is 5.75 Å². The Bertz CT molecular complexity index is 557. The number of benzene rings is 1. The van der Waals surface area contributed by atoms with Crippen molar-refractivity contribution in [1.29, 1.82) is 0 Å². The second kappa shape index (κ2) is 7.31. The molecule has 0 saturated carbocycles. The SMILES string of the molecule is CCN(Cc1ccc(OC)c(B(O)O)c1)Cc1ccco1. The van der Waals surface area contributed by atoms with Crippen molar-refractivity contribution in [2.24, 2.45) is 0 Å². The standard InChI is InChI=1S/C15H20BNO4/c1-3-17(11-13-5-4-8-21-13)10-12-6-7-15(20-2)14(9-12)16(18)19/h4-9,18-19H,3,10-11H2,1-2H3. The lowest BCUT2D eigenvalue weighted by Gasteiger charge is -2.20. The minimum atomic E-state index is -1.54. The van der Waals surface area contributed by atoms with Gasteiger partial charge < -0.3 is 19.2 Å². The summed E-state index contributed by atoms with van der Waals surface area (Å²) in [4.78, 5) is 2.20. The summed E-state index contributed by atoms with van der Waals surface area (Å²) in [6, 6.07) is 9.25. The van der Waals surface area contributed by atoms with Crippen LogP contribution in [0.5, 0.6) is 5.75 Å². The Morgan fingerprint density at radius 3 is 2.62 bits per heavy atom. The first-order valence-corrected chi connectivity index (χ1v) is 6.91. The van der Waals surface area contributed by atoms with Crippen LogP contribution in [0.25, 0.3) is 0 Å². The highest BCUT2D eigenvalue weighted by molar-refractivity contribution is 6.59. The van der Waals surface area contributed by atoms with Gasteiger partial charge >= 0.3 is 7.12 Å². The summed E-state index contributed by atoms with van der Waals surface area (Å²) in [5.74, 6) is 1.38. The van der Waals surface area contributed by atoms with E-state index in [0.717, 1.165) is 17.9 Å². The van der Waals surface area contributed by atoms with Gasteiger partial charge in [0.15, 0.2) is 0 Å². The fourth-order valence-corrected chi connectivity index (χ4v) is 2.24. The fraction of sp³-hybridized carbons (Fsp3) is 0.333. The molecule has 0 atom stereocenters. The molecule has 6 heteroatoms. The zero-order valence-electron chi connectivity index (χ0n) is 12.3. The van der Waals surface area contributed by atoms with Crippen LogP contribution in [0, 0.1) is 0 Å². The van der Waals surface area contributed by atoms with Crippen molar-refractivity contribution in [2.45, 2.75) is 20.0 Å². The predicted octanol–water partition coefficient (Wildman–Crippen LogP) is 0.990. The van der Waals surface area contributed by atoms with Crippen molar-refractivity contribution in [3.63, 3.8) is 0 Å². The van der Waals surface area contributed by atoms with Crippen LogP contribution in [-0.2, 0) is 13.1 Å². The summed E-state index contributed by atoms with van der Waals surface area (Å²) in [5.41, 5.74) is 1.37. The number of methoxy groups -OCH3 is 1. The highest BCUT2D eigenvalue weighted by Gasteiger charge is 2.18. The van der Waals surface area contributed by atoms with Gasteiger partial charge in [-0.1, -0.05) is 19.1 Å². The molecule has 1 heterocycles. The molecule has 0 aliphatic heterocycles. The molecule has 0 fully saturated rings. The smallest absolute Gasteiger partial charge is 0.492 e. The van der Waals surface area contributed by atoms with Gasteiger partial charge in [0, 0.05) is 12.0 Å². The minimum Gasteiger partial charge on any atom is -0.497 e. The molecule has 2 rings (SSSR count). The average molecular weight is 289 g/mol. The van der Waals surface area contributed by atoms with Crippen LogP contribution in [0.3, 0.4) is 0 Å². The second-order valence-electron chi connectivity index (χ2n) is 4.83. The molecule has 5 nitrogen and oxygen atoms in total. The molecule has 1 aromatic carbocycles. The molecule has 0 amide bonds. The Balaban J connectivity index is 2.12. The van der Waals surface area contributed by atoms with Gasteiger partial charge in [-0.05, 0) is 30.3 Å². The molecule has 0 aliphatic rings. The van der Waals surface area contributed by atoms with E-state index in [4.69, 9.17) is 9.15 Å². The second-order valence-corrected chi connectivity index (χ2v) is 4.83. The molecule has 2 N–H and O–H groups in total. The Morgan fingerprint density at radius 1 is 1.24 bits per heavy atom. The largest absolute Gasteiger partial charge is 0.497 e. The van der Waals surface area contributed by atoms with Crippen LogP contribution in [0.2, 0.25) is 0 Å². The van der Waals surface area contributed by atoms with Gasteiger partial charge in [0.2, 0.25) is 0 Å². The van der Waals surface area contributed by atoms with E-state index >= 15 is 0 Å². The molecular formula is C15H20BNO4. The van der Waals surface area contributed by atoms with Crippen molar-refractivity contribution >= 4 is 12.6 Å². The Kier molecular flexibility index (Phi) is 5.44. The van der Waals surface area contributed by atoms with Crippen LogP contribution in [-0.4, -0.2) is 35.7 Å². The summed E-state index contributed by atoms with van der Waals surface area (Å²) in [5, 5.41) is 18.8. The molecule has 2 aromatic rings. The molecule has 0 saturated heterocycles. The zero-order valence-corrected chi connectivity index (χ0v) is 12.3. The van der Waals surface area contributed by atoms with Crippen molar-refractivity contribution in [3.05, 3.63) is 47.9 Å². The van der Waals surface area contributed by atoms with E-state index < -0.39 is 7.12 Å². The van der Waals surface area contributed by atoms with E-state index in [0.29, 0.717) is 24.3 Å². The van der Waals surface area contributed by atoms with E-state index in [1.54, 1.807) is 18.4 Å². The maximum absolute atomic E-state index is 9.41. The number of ether oxygens (including phenoxy) is 1. The zero-order chi connectivity index (χ0) is 15.2. The lowest BCUT2D eigenvalue weighted by Crippen LogP contribution is -2.32. The third-order valence-electron chi connectivity index (χ3n) is 3.39. The molecule has 1 aromatic heterocycles. The Labute approximate surface area is 124 Å². The van der Waals surface area contributed by atoms with Crippen molar-refractivity contribution < 1.29 is 19.2 Å². The normalized spacial score (nSPS) is 10.9. The molecule has 0 radical (unpaired) electrons. The molecule has 0 aliphatic carbocycles. The molecule has 21 heavy (non-hydrogen) atoms. The van der Waals surface area contributed by atoms with Crippen LogP contribution in [0.1, 0.15) is 18.2 Å². The van der Waals surface area contributed by atoms with E-state index in [-0.39, 0.29) is 0 Å². The Hall–Kier alpha value is -1.76. The number of rotatable bonds is 7. The maximum Gasteiger partial charge on any atom is 0.492 e. The summed E-state index contributed by atoms with van der Waals surface area (Å²) < 4.78 is 10.5. The van der Waals surface area contributed by atoms with Gasteiger partial charge in [-0.15, -0.1) is 0 Å². The van der Waals surface area contributed by atoms with Crippen LogP contribution in [0.15, 0.2) is 41.0 Å². The van der Waals surface area contributed by atoms with Crippen LogP contribution >= 0.6 is 0 Å². The van der Waals surface area contributed by atoms with Crippen molar-refractivity contribution in [1.82, 2.24) is 4.90 Å². The quantitative estimate of drug-likeness (QED) is 0.744. The van der Waals surface area contributed by atoms with Crippen LogP contribution in [0.4, 0.5) is 0 Å². The van der Waals surface area contributed by atoms with E-state index in [9.17, 15) is 10.0 Å². The highest BCUT2D eigenvalue weighted by atomic mass is 16.5. The van der Waals surface area contributed by atoms with E-state index in [1.165, 1.54) is 7.11 Å². The van der Waals surface area contributed by atoms with Gasteiger partial charge in [-0.3, -0.25) is 4.90 Å². The first kappa shape index (κ1) is 15.6. The minimum absolute atomic E-state index is 0.379. The number of hydrogen-bond donors (Lipinski definition) is 2. The van der Waals surface area contributed by atoms with Crippen LogP contribution < -0.4 is 10.2 Å². The molecule has 0 spiro atoms. The average Bonchev–Trinajstić information content (AvgIpc) is 2.99. The molecule has 0 unspecified atom stereocenters. The predicted molar refractivity (Wildman–Crippen MR) is 81.3 cm³/mol. The summed E-state index contributed by atoms with van der Waals surface area (Å²) >= 11 is 0. The maximum atomic E-state index is 9.41. The monoisotopic (exact) mass is 289 g/mol. The van der Waals surface area contributed by atoms with Gasteiger partial charge in [0.25, 0.3) is 0 Å². The van der Waals surface area contributed by atoms with Gasteiger partial charge in [0.1, 0.15) is 11.5 Å². The molecular weight excluding hydrogens is 269 g/mol. The number of nitrogens with zero attached hydrogens (tertiary/aromatic N) is 1. The topological polar surface area (TPSA) is 66.1 Å². The number of hydrogen-bond acceptors (Lipinski definition) is 5. The van der Waals surface area contributed by atoms with Gasteiger partial charge in [-0.25, -0.2) is 0 Å². The van der Waals surface area contributed by atoms with Gasteiger partial charge in [0.05, 0.1) is 19.9 Å².